The van der Waals surface area contributed by atoms with Crippen molar-refractivity contribution >= 4 is 0 Å². The Labute approximate surface area is 38.1 Å². The summed E-state index contributed by atoms with van der Waals surface area (Å²) in [5, 5.41) is 3.14. The van der Waals surface area contributed by atoms with Crippen LogP contribution in [0.5, 0.6) is 0 Å². The molecule has 0 aliphatic carbocycles. The molecule has 1 aliphatic heterocycles. The summed E-state index contributed by atoms with van der Waals surface area (Å²) in [5.41, 5.74) is 0. The molecule has 0 aromatic rings. The molecule has 0 unspecified atom stereocenters. The van der Waals surface area contributed by atoms with Crippen molar-refractivity contribution < 1.29 is 0 Å². The van der Waals surface area contributed by atoms with Gasteiger partial charge in [0.1, 0.15) is 0 Å². The van der Waals surface area contributed by atoms with E-state index in [4.69, 9.17) is 0 Å². The van der Waals surface area contributed by atoms with Crippen LogP contribution in [0.2, 0.25) is 0 Å². The van der Waals surface area contributed by atoms with Gasteiger partial charge in [0.2, 0.25) is 0 Å². The lowest BCUT2D eigenvalue weighted by Crippen LogP contribution is -2.17. The molecule has 0 aromatic carbocycles. The van der Waals surface area contributed by atoms with E-state index in [-0.39, 0.29) is 0 Å². The minimum atomic E-state index is 0.944. The fourth-order valence-electron chi connectivity index (χ4n) is 0.509. The molecule has 1 rings (SSSR count). The summed E-state index contributed by atoms with van der Waals surface area (Å²) >= 11 is 0. The molecule has 0 bridgehead atoms. The van der Waals surface area contributed by atoms with E-state index >= 15 is 0 Å². The third kappa shape index (κ3) is 0.830. The average Bonchev–Trinajstić information content (AvgIpc) is 1.72. The summed E-state index contributed by atoms with van der Waals surface area (Å²) in [6.45, 7) is 2.08. The zero-order valence-electron chi connectivity index (χ0n) is 3.70. The molecule has 0 saturated carbocycles. The zero-order valence-corrected chi connectivity index (χ0v) is 3.70. The van der Waals surface area contributed by atoms with Gasteiger partial charge in [-0.15, -0.1) is 0 Å². The Morgan fingerprint density at radius 1 is 1.67 bits per heavy atom. The van der Waals surface area contributed by atoms with Crippen molar-refractivity contribution in [2.24, 2.45) is 0 Å². The van der Waals surface area contributed by atoms with Gasteiger partial charge in [-0.25, -0.2) is 0 Å². The predicted molar refractivity (Wildman–Crippen MR) is 25.3 cm³/mol. The lowest BCUT2D eigenvalue weighted by atomic mass is 10.3. The molecular formula is C5H8N. The monoisotopic (exact) mass is 82.1 g/mol. The van der Waals surface area contributed by atoms with Crippen LogP contribution in [0, 0.1) is 6.08 Å². The molecular weight excluding hydrogens is 74.1 g/mol. The van der Waals surface area contributed by atoms with E-state index in [1.165, 1.54) is 0 Å². The summed E-state index contributed by atoms with van der Waals surface area (Å²) in [7, 11) is 0. The highest BCUT2D eigenvalue weighted by Gasteiger charge is 1.85. The van der Waals surface area contributed by atoms with Crippen molar-refractivity contribution in [2.45, 2.75) is 6.42 Å². The highest BCUT2D eigenvalue weighted by Crippen LogP contribution is 1.83. The van der Waals surface area contributed by atoms with Gasteiger partial charge in [0.05, 0.1) is 0 Å². The Morgan fingerprint density at radius 3 is 2.83 bits per heavy atom. The SMILES string of the molecule is [C]1=CCCNC1. The van der Waals surface area contributed by atoms with Crippen LogP contribution in [0.3, 0.4) is 0 Å². The van der Waals surface area contributed by atoms with Gasteiger partial charge in [-0.3, -0.25) is 0 Å². The minimum absolute atomic E-state index is 0.944. The van der Waals surface area contributed by atoms with Crippen LogP contribution in [0.15, 0.2) is 6.08 Å². The molecule has 0 saturated heterocycles. The molecule has 0 fully saturated rings. The van der Waals surface area contributed by atoms with Crippen molar-refractivity contribution in [1.29, 1.82) is 0 Å². The average molecular weight is 82.1 g/mol. The van der Waals surface area contributed by atoms with Crippen molar-refractivity contribution in [1.82, 2.24) is 5.32 Å². The van der Waals surface area contributed by atoms with E-state index in [0.717, 1.165) is 19.5 Å². The van der Waals surface area contributed by atoms with Crippen LogP contribution in [0.25, 0.3) is 0 Å². The van der Waals surface area contributed by atoms with Crippen LogP contribution in [0.4, 0.5) is 0 Å². The molecule has 0 aromatic heterocycles. The Bertz CT molecular complexity index is 49.0. The summed E-state index contributed by atoms with van der Waals surface area (Å²) < 4.78 is 0. The van der Waals surface area contributed by atoms with Crippen molar-refractivity contribution in [2.75, 3.05) is 13.1 Å². The maximum atomic E-state index is 3.14. The van der Waals surface area contributed by atoms with Gasteiger partial charge in [0, 0.05) is 6.54 Å². The first-order chi connectivity index (χ1) is 3.00. The van der Waals surface area contributed by atoms with E-state index in [1.54, 1.807) is 0 Å². The number of rotatable bonds is 0. The van der Waals surface area contributed by atoms with Crippen molar-refractivity contribution in [3.8, 4) is 0 Å². The Morgan fingerprint density at radius 2 is 2.67 bits per heavy atom. The first-order valence-electron chi connectivity index (χ1n) is 2.26. The number of nitrogens with one attached hydrogen (secondary N) is 1. The predicted octanol–water partition coefficient (Wildman–Crippen LogP) is 0.339. The fraction of sp³-hybridized carbons (Fsp3) is 0.600. The first-order valence-corrected chi connectivity index (χ1v) is 2.26. The Hall–Kier alpha value is -0.300. The summed E-state index contributed by atoms with van der Waals surface area (Å²) in [6, 6.07) is 0. The zero-order chi connectivity index (χ0) is 4.24. The third-order valence-corrected chi connectivity index (χ3v) is 0.837. The van der Waals surface area contributed by atoms with Gasteiger partial charge in [0.15, 0.2) is 0 Å². The minimum Gasteiger partial charge on any atom is -0.312 e. The maximum Gasteiger partial charge on any atom is 0.0205 e. The fourth-order valence-corrected chi connectivity index (χ4v) is 0.509. The molecule has 1 radical (unpaired) electrons. The second-order valence-corrected chi connectivity index (χ2v) is 1.37. The van der Waals surface area contributed by atoms with E-state index in [9.17, 15) is 0 Å². The van der Waals surface area contributed by atoms with E-state index in [0.29, 0.717) is 0 Å². The lowest BCUT2D eigenvalue weighted by molar-refractivity contribution is 0.717. The second-order valence-electron chi connectivity index (χ2n) is 1.37. The summed E-state index contributed by atoms with van der Waals surface area (Å²) in [6.07, 6.45) is 6.28. The molecule has 1 N–H and O–H groups in total. The third-order valence-electron chi connectivity index (χ3n) is 0.837. The van der Waals surface area contributed by atoms with Gasteiger partial charge < -0.3 is 5.32 Å². The van der Waals surface area contributed by atoms with E-state index in [2.05, 4.69) is 17.5 Å². The maximum absolute atomic E-state index is 3.14. The van der Waals surface area contributed by atoms with Gasteiger partial charge >= 0.3 is 0 Å². The molecule has 0 amide bonds. The quantitative estimate of drug-likeness (QED) is 0.444. The van der Waals surface area contributed by atoms with E-state index in [1.807, 2.05) is 0 Å². The summed E-state index contributed by atoms with van der Waals surface area (Å²) in [4.78, 5) is 0. The first kappa shape index (κ1) is 3.88. The molecule has 1 nitrogen and oxygen atoms in total. The Balaban J connectivity index is 2.26. The molecule has 33 valence electrons. The van der Waals surface area contributed by atoms with Crippen LogP contribution in [-0.4, -0.2) is 13.1 Å². The van der Waals surface area contributed by atoms with Gasteiger partial charge in [-0.2, -0.15) is 0 Å². The molecule has 1 heterocycles. The molecule has 0 atom stereocenters. The molecule has 6 heavy (non-hydrogen) atoms. The topological polar surface area (TPSA) is 12.0 Å². The van der Waals surface area contributed by atoms with Gasteiger partial charge in [-0.1, -0.05) is 6.08 Å². The highest BCUT2D eigenvalue weighted by molar-refractivity contribution is 4.80. The molecule has 1 heteroatoms. The molecule has 1 aliphatic rings. The lowest BCUT2D eigenvalue weighted by Gasteiger charge is -2.00. The summed E-state index contributed by atoms with van der Waals surface area (Å²) in [5.74, 6) is 0. The largest absolute Gasteiger partial charge is 0.312 e. The van der Waals surface area contributed by atoms with Gasteiger partial charge in [-0.05, 0) is 19.0 Å². The normalized spacial score (nSPS) is 21.3. The Kier molecular flexibility index (Phi) is 1.28. The van der Waals surface area contributed by atoms with Crippen LogP contribution in [-0.2, 0) is 0 Å². The van der Waals surface area contributed by atoms with Crippen LogP contribution < -0.4 is 5.32 Å². The van der Waals surface area contributed by atoms with Crippen LogP contribution in [0.1, 0.15) is 6.42 Å². The smallest absolute Gasteiger partial charge is 0.0205 e. The number of hydrogen-bond acceptors (Lipinski definition) is 1. The van der Waals surface area contributed by atoms with E-state index < -0.39 is 0 Å². The second kappa shape index (κ2) is 1.98. The van der Waals surface area contributed by atoms with Crippen molar-refractivity contribution in [3.05, 3.63) is 12.2 Å². The highest BCUT2D eigenvalue weighted by atomic mass is 14.8. The van der Waals surface area contributed by atoms with Crippen molar-refractivity contribution in [3.63, 3.8) is 0 Å². The standard InChI is InChI=1S/C5H8N/c1-2-4-6-5-3-1/h1,6H,2,4-5H2. The number of hydrogen-bond donors (Lipinski definition) is 1. The van der Waals surface area contributed by atoms with Crippen LogP contribution >= 0.6 is 0 Å². The molecule has 0 spiro atoms. The van der Waals surface area contributed by atoms with Gasteiger partial charge in [0.25, 0.3) is 0 Å².